The molecule has 5 heteroatoms. The molecule has 0 radical (unpaired) electrons. The van der Waals surface area contributed by atoms with Crippen LogP contribution in [0.5, 0.6) is 0 Å². The fourth-order valence-corrected chi connectivity index (χ4v) is 2.59. The van der Waals surface area contributed by atoms with E-state index >= 15 is 0 Å². The zero-order chi connectivity index (χ0) is 14.4. The van der Waals surface area contributed by atoms with E-state index in [0.717, 1.165) is 12.8 Å². The summed E-state index contributed by atoms with van der Waals surface area (Å²) >= 11 is 0. The highest BCUT2D eigenvalue weighted by Gasteiger charge is 2.43. The first-order valence-corrected chi connectivity index (χ1v) is 7.15. The van der Waals surface area contributed by atoms with Gasteiger partial charge in [0.05, 0.1) is 18.2 Å². The van der Waals surface area contributed by atoms with E-state index in [2.05, 4.69) is 24.5 Å². The van der Waals surface area contributed by atoms with E-state index in [4.69, 9.17) is 9.47 Å². The summed E-state index contributed by atoms with van der Waals surface area (Å²) in [6.45, 7) is 6.92. The Labute approximate surface area is 116 Å². The number of carbonyl (C=O) groups is 1. The number of carbonyl (C=O) groups excluding carboxylic acids is 1. The van der Waals surface area contributed by atoms with Gasteiger partial charge in [-0.15, -0.1) is 0 Å². The minimum atomic E-state index is -0.157. The van der Waals surface area contributed by atoms with Crippen LogP contribution in [0.15, 0.2) is 0 Å². The normalized spacial score (nSPS) is 28.0. The van der Waals surface area contributed by atoms with Crippen molar-refractivity contribution in [1.29, 1.82) is 0 Å². The number of rotatable bonds is 8. The summed E-state index contributed by atoms with van der Waals surface area (Å²) in [6, 6.07) is 0.0397. The molecule has 0 aromatic heterocycles. The van der Waals surface area contributed by atoms with Crippen LogP contribution in [0.25, 0.3) is 0 Å². The van der Waals surface area contributed by atoms with E-state index in [1.807, 2.05) is 6.92 Å². The Hall–Kier alpha value is -0.650. The number of hydrogen-bond acceptors (Lipinski definition) is 4. The SMILES string of the molecule is CCOC1CC(NC(CC(C)C)C(=O)NC)C1OC. The van der Waals surface area contributed by atoms with Crippen LogP contribution in [0, 0.1) is 5.92 Å². The Bertz CT molecular complexity index is 284. The molecular formula is C14H28N2O3. The maximum Gasteiger partial charge on any atom is 0.236 e. The van der Waals surface area contributed by atoms with E-state index in [1.165, 1.54) is 0 Å². The molecule has 112 valence electrons. The highest BCUT2D eigenvalue weighted by molar-refractivity contribution is 5.81. The van der Waals surface area contributed by atoms with Crippen molar-refractivity contribution in [3.63, 3.8) is 0 Å². The summed E-state index contributed by atoms with van der Waals surface area (Å²) in [6.07, 6.45) is 1.92. The lowest BCUT2D eigenvalue weighted by Crippen LogP contribution is -2.63. The topological polar surface area (TPSA) is 59.6 Å². The van der Waals surface area contributed by atoms with Crippen molar-refractivity contribution in [3.8, 4) is 0 Å². The second kappa shape index (κ2) is 7.82. The molecule has 0 bridgehead atoms. The first-order chi connectivity index (χ1) is 9.03. The predicted molar refractivity (Wildman–Crippen MR) is 75.1 cm³/mol. The van der Waals surface area contributed by atoms with Crippen molar-refractivity contribution in [2.75, 3.05) is 20.8 Å². The Morgan fingerprint density at radius 1 is 1.42 bits per heavy atom. The third-order valence-corrected chi connectivity index (χ3v) is 3.59. The van der Waals surface area contributed by atoms with Crippen LogP contribution in [-0.4, -0.2) is 51.0 Å². The summed E-state index contributed by atoms with van der Waals surface area (Å²) in [5.74, 6) is 0.516. The molecule has 1 fully saturated rings. The Morgan fingerprint density at radius 3 is 2.58 bits per heavy atom. The molecule has 1 amide bonds. The van der Waals surface area contributed by atoms with Gasteiger partial charge in [-0.05, 0) is 25.7 Å². The largest absolute Gasteiger partial charge is 0.377 e. The number of ether oxygens (including phenoxy) is 2. The van der Waals surface area contributed by atoms with Crippen molar-refractivity contribution >= 4 is 5.91 Å². The molecule has 0 heterocycles. The third kappa shape index (κ3) is 4.44. The summed E-state index contributed by atoms with van der Waals surface area (Å²) in [7, 11) is 3.37. The molecule has 1 rings (SSSR count). The Morgan fingerprint density at radius 2 is 2.11 bits per heavy atom. The number of hydrogen-bond donors (Lipinski definition) is 2. The summed E-state index contributed by atoms with van der Waals surface area (Å²) < 4.78 is 11.1. The van der Waals surface area contributed by atoms with Gasteiger partial charge in [-0.25, -0.2) is 0 Å². The van der Waals surface area contributed by atoms with Crippen LogP contribution in [0.3, 0.4) is 0 Å². The Balaban J connectivity index is 2.52. The first-order valence-electron chi connectivity index (χ1n) is 7.15. The van der Waals surface area contributed by atoms with Gasteiger partial charge in [-0.3, -0.25) is 4.79 Å². The first kappa shape index (κ1) is 16.4. The van der Waals surface area contributed by atoms with Gasteiger partial charge in [-0.1, -0.05) is 13.8 Å². The van der Waals surface area contributed by atoms with Crippen LogP contribution in [0.1, 0.15) is 33.6 Å². The van der Waals surface area contributed by atoms with Crippen LogP contribution < -0.4 is 10.6 Å². The highest BCUT2D eigenvalue weighted by atomic mass is 16.5. The smallest absolute Gasteiger partial charge is 0.236 e. The zero-order valence-corrected chi connectivity index (χ0v) is 12.7. The number of amides is 1. The second-order valence-corrected chi connectivity index (χ2v) is 5.50. The maximum atomic E-state index is 11.9. The standard InChI is InChI=1S/C14H28N2O3/c1-6-19-12-8-10(13(12)18-5)16-11(7-9(2)3)14(17)15-4/h9-13,16H,6-8H2,1-5H3,(H,15,17). The lowest BCUT2D eigenvalue weighted by Gasteiger charge is -2.44. The average molecular weight is 272 g/mol. The molecule has 4 atom stereocenters. The minimum Gasteiger partial charge on any atom is -0.377 e. The average Bonchev–Trinajstić information content (AvgIpc) is 2.35. The maximum absolute atomic E-state index is 11.9. The van der Waals surface area contributed by atoms with E-state index in [9.17, 15) is 4.79 Å². The minimum absolute atomic E-state index is 0.0410. The number of methoxy groups -OCH3 is 1. The lowest BCUT2D eigenvalue weighted by molar-refractivity contribution is -0.139. The monoisotopic (exact) mass is 272 g/mol. The van der Waals surface area contributed by atoms with Crippen LogP contribution in [-0.2, 0) is 14.3 Å². The lowest BCUT2D eigenvalue weighted by atomic mass is 9.84. The molecular weight excluding hydrogens is 244 g/mol. The number of nitrogens with one attached hydrogen (secondary N) is 2. The zero-order valence-electron chi connectivity index (χ0n) is 12.7. The van der Waals surface area contributed by atoms with Crippen LogP contribution in [0.4, 0.5) is 0 Å². The van der Waals surface area contributed by atoms with E-state index in [-0.39, 0.29) is 30.2 Å². The second-order valence-electron chi connectivity index (χ2n) is 5.50. The molecule has 4 unspecified atom stereocenters. The van der Waals surface area contributed by atoms with Crippen molar-refractivity contribution in [2.24, 2.45) is 5.92 Å². The Kier molecular flexibility index (Phi) is 6.75. The third-order valence-electron chi connectivity index (χ3n) is 3.59. The molecule has 0 aromatic rings. The van der Waals surface area contributed by atoms with E-state index in [0.29, 0.717) is 12.5 Å². The van der Waals surface area contributed by atoms with Gasteiger partial charge in [0.1, 0.15) is 0 Å². The van der Waals surface area contributed by atoms with Gasteiger partial charge < -0.3 is 20.1 Å². The van der Waals surface area contributed by atoms with Crippen LogP contribution >= 0.6 is 0 Å². The molecule has 0 aromatic carbocycles. The quantitative estimate of drug-likeness (QED) is 0.690. The molecule has 2 N–H and O–H groups in total. The molecule has 1 aliphatic rings. The van der Waals surface area contributed by atoms with Crippen LogP contribution in [0.2, 0.25) is 0 Å². The van der Waals surface area contributed by atoms with E-state index in [1.54, 1.807) is 14.2 Å². The van der Waals surface area contributed by atoms with Crippen molar-refractivity contribution in [1.82, 2.24) is 10.6 Å². The summed E-state index contributed by atoms with van der Waals surface area (Å²) in [5.41, 5.74) is 0. The fourth-order valence-electron chi connectivity index (χ4n) is 2.59. The molecule has 5 nitrogen and oxygen atoms in total. The molecule has 1 saturated carbocycles. The van der Waals surface area contributed by atoms with Gasteiger partial charge >= 0.3 is 0 Å². The summed E-state index contributed by atoms with van der Waals surface area (Å²) in [4.78, 5) is 11.9. The van der Waals surface area contributed by atoms with Gasteiger partial charge in [0.25, 0.3) is 0 Å². The molecule has 0 aliphatic heterocycles. The van der Waals surface area contributed by atoms with Crippen molar-refractivity contribution < 1.29 is 14.3 Å². The van der Waals surface area contributed by atoms with Crippen molar-refractivity contribution in [3.05, 3.63) is 0 Å². The van der Waals surface area contributed by atoms with Gasteiger partial charge in [0, 0.05) is 26.8 Å². The van der Waals surface area contributed by atoms with Gasteiger partial charge in [-0.2, -0.15) is 0 Å². The van der Waals surface area contributed by atoms with Crippen molar-refractivity contribution in [2.45, 2.75) is 57.9 Å². The molecule has 19 heavy (non-hydrogen) atoms. The molecule has 0 saturated heterocycles. The highest BCUT2D eigenvalue weighted by Crippen LogP contribution is 2.27. The van der Waals surface area contributed by atoms with Gasteiger partial charge in [0.2, 0.25) is 5.91 Å². The predicted octanol–water partition coefficient (Wildman–Crippen LogP) is 0.929. The molecule has 1 aliphatic carbocycles. The van der Waals surface area contributed by atoms with Gasteiger partial charge in [0.15, 0.2) is 0 Å². The fraction of sp³-hybridized carbons (Fsp3) is 0.929. The molecule has 0 spiro atoms. The number of likely N-dealkylation sites (N-methyl/N-ethyl adjacent to an activating group) is 1. The van der Waals surface area contributed by atoms with E-state index < -0.39 is 0 Å². The summed E-state index contributed by atoms with van der Waals surface area (Å²) in [5, 5.41) is 6.13.